The Kier molecular flexibility index (Phi) is 5.35. The topological polar surface area (TPSA) is 57.0 Å². The van der Waals surface area contributed by atoms with E-state index in [0.29, 0.717) is 0 Å². The minimum absolute atomic E-state index is 0.000987. The molecule has 3 aromatic heterocycles. The Labute approximate surface area is 182 Å². The van der Waals surface area contributed by atoms with Crippen molar-refractivity contribution in [2.24, 2.45) is 7.05 Å². The summed E-state index contributed by atoms with van der Waals surface area (Å²) in [6, 6.07) is 0. The van der Waals surface area contributed by atoms with Crippen molar-refractivity contribution in [3.05, 3.63) is 33.6 Å². The summed E-state index contributed by atoms with van der Waals surface area (Å²) in [5.74, 6) is 0.000987. The van der Waals surface area contributed by atoms with E-state index in [1.54, 1.807) is 6.92 Å². The molecule has 5 nitrogen and oxygen atoms in total. The van der Waals surface area contributed by atoms with E-state index >= 15 is 0 Å². The first kappa shape index (κ1) is 21.2. The van der Waals surface area contributed by atoms with Crippen LogP contribution in [0.2, 0.25) is 0 Å². The summed E-state index contributed by atoms with van der Waals surface area (Å²) < 4.78 is 8.23. The number of thiophene rings is 1. The van der Waals surface area contributed by atoms with Crippen LogP contribution in [0.25, 0.3) is 21.3 Å². The van der Waals surface area contributed by atoms with Gasteiger partial charge in [-0.3, -0.25) is 9.48 Å². The van der Waals surface area contributed by atoms with Crippen LogP contribution in [0, 0.1) is 13.8 Å². The number of ether oxygens (including phenoxy) is 1. The number of carbonyl (C=O) groups is 1. The highest BCUT2D eigenvalue weighted by Gasteiger charge is 2.33. The van der Waals surface area contributed by atoms with Crippen LogP contribution in [0.5, 0.6) is 0 Å². The zero-order chi connectivity index (χ0) is 21.8. The predicted octanol–water partition coefficient (Wildman–Crippen LogP) is 5.64. The molecule has 1 aliphatic carbocycles. The lowest BCUT2D eigenvalue weighted by Crippen LogP contribution is -2.27. The van der Waals surface area contributed by atoms with Gasteiger partial charge in [-0.15, -0.1) is 11.3 Å². The van der Waals surface area contributed by atoms with Gasteiger partial charge < -0.3 is 4.74 Å². The standard InChI is InChI=1S/C24H31N3O2S/c1-13-19(22(15(3)28)29-24(4,5)6)20(17-12-25-27(7)14(17)2)21-16-10-8-9-11-18(16)30-23(21)26-13/h12,22H,8-11H2,1-7H3/t22-/m1/s1. The van der Waals surface area contributed by atoms with E-state index in [2.05, 4.69) is 12.0 Å². The van der Waals surface area contributed by atoms with Crippen LogP contribution in [0.4, 0.5) is 0 Å². The summed E-state index contributed by atoms with van der Waals surface area (Å²) >= 11 is 1.81. The molecule has 0 saturated heterocycles. The molecule has 1 aliphatic rings. The fraction of sp³-hybridized carbons (Fsp3) is 0.542. The lowest BCUT2D eigenvalue weighted by molar-refractivity contribution is -0.138. The van der Waals surface area contributed by atoms with Gasteiger partial charge >= 0.3 is 0 Å². The normalized spacial score (nSPS) is 15.4. The van der Waals surface area contributed by atoms with Crippen LogP contribution in [0.3, 0.4) is 0 Å². The first-order valence-corrected chi connectivity index (χ1v) is 11.5. The highest BCUT2D eigenvalue weighted by Crippen LogP contribution is 2.46. The Bertz CT molecular complexity index is 1130. The number of hydrogen-bond donors (Lipinski definition) is 0. The van der Waals surface area contributed by atoms with Crippen molar-refractivity contribution in [2.45, 2.75) is 78.9 Å². The molecular weight excluding hydrogens is 394 g/mol. The van der Waals surface area contributed by atoms with Crippen LogP contribution in [-0.4, -0.2) is 26.1 Å². The molecule has 0 radical (unpaired) electrons. The molecule has 30 heavy (non-hydrogen) atoms. The maximum Gasteiger partial charge on any atom is 0.163 e. The van der Waals surface area contributed by atoms with Crippen LogP contribution >= 0.6 is 11.3 Å². The van der Waals surface area contributed by atoms with Gasteiger partial charge in [0.15, 0.2) is 5.78 Å². The average molecular weight is 426 g/mol. The number of Topliss-reactive ketones (excluding diaryl/α,β-unsaturated/α-hetero) is 1. The number of ketones is 1. The van der Waals surface area contributed by atoms with Gasteiger partial charge in [0.1, 0.15) is 10.9 Å². The largest absolute Gasteiger partial charge is 0.360 e. The molecule has 0 amide bonds. The second-order valence-electron chi connectivity index (χ2n) is 9.37. The van der Waals surface area contributed by atoms with E-state index in [0.717, 1.165) is 45.8 Å². The predicted molar refractivity (Wildman–Crippen MR) is 122 cm³/mol. The van der Waals surface area contributed by atoms with E-state index in [4.69, 9.17) is 9.72 Å². The van der Waals surface area contributed by atoms with Crippen LogP contribution in [-0.2, 0) is 29.4 Å². The first-order chi connectivity index (χ1) is 14.1. The molecule has 0 spiro atoms. The Hall–Kier alpha value is -2.05. The number of nitrogens with zero attached hydrogens (tertiary/aromatic N) is 3. The fourth-order valence-corrected chi connectivity index (χ4v) is 5.78. The van der Waals surface area contributed by atoms with Gasteiger partial charge in [0.2, 0.25) is 0 Å². The van der Waals surface area contributed by atoms with Crippen molar-refractivity contribution in [3.8, 4) is 11.1 Å². The molecule has 0 aliphatic heterocycles. The van der Waals surface area contributed by atoms with Gasteiger partial charge in [0.05, 0.1) is 11.8 Å². The summed E-state index contributed by atoms with van der Waals surface area (Å²) in [6.07, 6.45) is 5.88. The summed E-state index contributed by atoms with van der Waals surface area (Å²) in [6.45, 7) is 11.7. The number of carbonyl (C=O) groups excluding carboxylic acids is 1. The lowest BCUT2D eigenvalue weighted by Gasteiger charge is -2.29. The van der Waals surface area contributed by atoms with E-state index in [1.807, 2.05) is 57.0 Å². The highest BCUT2D eigenvalue weighted by molar-refractivity contribution is 7.19. The van der Waals surface area contributed by atoms with Crippen molar-refractivity contribution < 1.29 is 9.53 Å². The quantitative estimate of drug-likeness (QED) is 0.543. The van der Waals surface area contributed by atoms with Crippen LogP contribution in [0.1, 0.15) is 74.0 Å². The van der Waals surface area contributed by atoms with E-state index in [9.17, 15) is 4.79 Å². The van der Waals surface area contributed by atoms with Gasteiger partial charge in [0.25, 0.3) is 0 Å². The molecule has 0 fully saturated rings. The average Bonchev–Trinajstić information content (AvgIpc) is 3.18. The molecular formula is C24H31N3O2S. The smallest absolute Gasteiger partial charge is 0.163 e. The van der Waals surface area contributed by atoms with Gasteiger partial charge in [-0.25, -0.2) is 4.98 Å². The van der Waals surface area contributed by atoms with E-state index < -0.39 is 11.7 Å². The third-order valence-electron chi connectivity index (χ3n) is 5.94. The number of rotatable bonds is 4. The van der Waals surface area contributed by atoms with Gasteiger partial charge in [-0.1, -0.05) is 0 Å². The maximum atomic E-state index is 12.8. The van der Waals surface area contributed by atoms with Gasteiger partial charge in [-0.05, 0) is 72.8 Å². The molecule has 3 aromatic rings. The van der Waals surface area contributed by atoms with Crippen LogP contribution < -0.4 is 0 Å². The molecule has 0 unspecified atom stereocenters. The third-order valence-corrected chi connectivity index (χ3v) is 7.12. The summed E-state index contributed by atoms with van der Waals surface area (Å²) in [5, 5.41) is 5.72. The molecule has 0 bridgehead atoms. The zero-order valence-electron chi connectivity index (χ0n) is 19.0. The maximum absolute atomic E-state index is 12.8. The minimum atomic E-state index is -0.657. The Balaban J connectivity index is 2.11. The Morgan fingerprint density at radius 1 is 1.23 bits per heavy atom. The molecule has 0 N–H and O–H groups in total. The number of aromatic nitrogens is 3. The van der Waals surface area contributed by atoms with Crippen molar-refractivity contribution >= 4 is 27.3 Å². The molecule has 3 heterocycles. The fourth-order valence-electron chi connectivity index (χ4n) is 4.46. The number of aryl methyl sites for hydroxylation is 4. The summed E-state index contributed by atoms with van der Waals surface area (Å²) in [5.41, 5.74) is 5.96. The minimum Gasteiger partial charge on any atom is -0.360 e. The van der Waals surface area contributed by atoms with Crippen molar-refractivity contribution in [2.75, 3.05) is 0 Å². The molecule has 6 heteroatoms. The Morgan fingerprint density at radius 2 is 1.93 bits per heavy atom. The molecule has 160 valence electrons. The van der Waals surface area contributed by atoms with E-state index in [1.165, 1.54) is 28.7 Å². The number of hydrogen-bond acceptors (Lipinski definition) is 5. The van der Waals surface area contributed by atoms with Crippen molar-refractivity contribution in [1.29, 1.82) is 0 Å². The molecule has 1 atom stereocenters. The monoisotopic (exact) mass is 425 g/mol. The zero-order valence-corrected chi connectivity index (χ0v) is 19.9. The van der Waals surface area contributed by atoms with Crippen molar-refractivity contribution in [1.82, 2.24) is 14.8 Å². The second-order valence-corrected chi connectivity index (χ2v) is 10.4. The molecule has 4 rings (SSSR count). The SMILES string of the molecule is CC(=O)[C@@H](OC(C)(C)C)c1c(C)nc2sc3c(c2c1-c1cnn(C)c1C)CCCC3. The van der Waals surface area contributed by atoms with Gasteiger partial charge in [0, 0.05) is 45.4 Å². The molecule has 0 saturated carbocycles. The van der Waals surface area contributed by atoms with Crippen LogP contribution in [0.15, 0.2) is 6.20 Å². The Morgan fingerprint density at radius 3 is 2.53 bits per heavy atom. The number of pyridine rings is 1. The second kappa shape index (κ2) is 7.57. The molecule has 0 aromatic carbocycles. The third kappa shape index (κ3) is 3.60. The van der Waals surface area contributed by atoms with Crippen molar-refractivity contribution in [3.63, 3.8) is 0 Å². The summed E-state index contributed by atoms with van der Waals surface area (Å²) in [4.78, 5) is 20.3. The highest BCUT2D eigenvalue weighted by atomic mass is 32.1. The summed E-state index contributed by atoms with van der Waals surface area (Å²) in [7, 11) is 1.96. The van der Waals surface area contributed by atoms with E-state index in [-0.39, 0.29) is 5.78 Å². The number of fused-ring (bicyclic) bond motifs is 3. The first-order valence-electron chi connectivity index (χ1n) is 10.7. The van der Waals surface area contributed by atoms with Gasteiger partial charge in [-0.2, -0.15) is 5.10 Å². The lowest BCUT2D eigenvalue weighted by atomic mass is 9.87.